The molecule has 0 aliphatic carbocycles. The standard InChI is InChI=1S/C31H49NO9/c1-9-12-21(5)27(33)40-25-15-14-24(16-26(25)41-28(34)22(6)13-10-2)18-31(32,29(35)37-8)17-23(7)39-30(36)38-19-20(4)11-3/h14-16,20-23H,9-13,17-19,32H2,1-8H3/t20?,21?,22?,23-,31?/m0/s1. The average molecular weight is 580 g/mol. The van der Waals surface area contributed by atoms with E-state index < -0.39 is 35.7 Å². The van der Waals surface area contributed by atoms with E-state index in [1.165, 1.54) is 19.2 Å². The second-order valence-corrected chi connectivity index (χ2v) is 11.0. The number of ether oxygens (including phenoxy) is 5. The number of hydrogen-bond donors (Lipinski definition) is 1. The zero-order valence-corrected chi connectivity index (χ0v) is 25.9. The molecule has 1 aromatic rings. The second kappa shape index (κ2) is 17.6. The number of nitrogens with two attached hydrogens (primary N) is 1. The van der Waals surface area contributed by atoms with Gasteiger partial charge in [-0.05, 0) is 43.4 Å². The SMILES string of the molecule is CCCC(C)C(=O)Oc1ccc(CC(N)(C[C@H](C)OC(=O)OCC(C)CC)C(=O)OC)cc1OC(=O)C(C)CCC. The monoisotopic (exact) mass is 579 g/mol. The average Bonchev–Trinajstić information content (AvgIpc) is 2.92. The van der Waals surface area contributed by atoms with Gasteiger partial charge in [-0.15, -0.1) is 0 Å². The van der Waals surface area contributed by atoms with Crippen LogP contribution in [0.25, 0.3) is 0 Å². The molecule has 0 saturated heterocycles. The molecule has 2 N–H and O–H groups in total. The smallest absolute Gasteiger partial charge is 0.468 e. The van der Waals surface area contributed by atoms with Crippen LogP contribution in [0.4, 0.5) is 4.79 Å². The van der Waals surface area contributed by atoms with Crippen molar-refractivity contribution in [3.8, 4) is 11.5 Å². The molecule has 4 unspecified atom stereocenters. The zero-order chi connectivity index (χ0) is 31.2. The van der Waals surface area contributed by atoms with Gasteiger partial charge in [0.15, 0.2) is 11.5 Å². The Labute approximate surface area is 244 Å². The lowest BCUT2D eigenvalue weighted by Crippen LogP contribution is -2.53. The lowest BCUT2D eigenvalue weighted by Gasteiger charge is -2.29. The number of carbonyl (C=O) groups is 4. The number of hydrogen-bond acceptors (Lipinski definition) is 10. The fourth-order valence-corrected chi connectivity index (χ4v) is 4.22. The Balaban J connectivity index is 3.24. The molecule has 41 heavy (non-hydrogen) atoms. The summed E-state index contributed by atoms with van der Waals surface area (Å²) in [5, 5.41) is 0. The van der Waals surface area contributed by atoms with Gasteiger partial charge in [-0.3, -0.25) is 14.4 Å². The van der Waals surface area contributed by atoms with Crippen molar-refractivity contribution in [2.24, 2.45) is 23.5 Å². The summed E-state index contributed by atoms with van der Waals surface area (Å²) in [4.78, 5) is 50.3. The van der Waals surface area contributed by atoms with Crippen LogP contribution in [-0.2, 0) is 35.0 Å². The number of carbonyl (C=O) groups excluding carboxylic acids is 4. The third-order valence-electron chi connectivity index (χ3n) is 6.92. The van der Waals surface area contributed by atoms with Crippen molar-refractivity contribution < 1.29 is 42.9 Å². The Hall–Kier alpha value is -3.14. The largest absolute Gasteiger partial charge is 0.508 e. The van der Waals surface area contributed by atoms with Gasteiger partial charge < -0.3 is 29.4 Å². The van der Waals surface area contributed by atoms with Gasteiger partial charge in [0.1, 0.15) is 11.6 Å². The summed E-state index contributed by atoms with van der Waals surface area (Å²) in [6, 6.07) is 4.68. The van der Waals surface area contributed by atoms with Crippen molar-refractivity contribution in [3.63, 3.8) is 0 Å². The van der Waals surface area contributed by atoms with E-state index in [2.05, 4.69) is 0 Å². The lowest BCUT2D eigenvalue weighted by molar-refractivity contribution is -0.148. The molecule has 0 radical (unpaired) electrons. The quantitative estimate of drug-likeness (QED) is 0.179. The molecule has 0 fully saturated rings. The van der Waals surface area contributed by atoms with E-state index >= 15 is 0 Å². The topological polar surface area (TPSA) is 140 Å². The molecule has 0 aliphatic rings. The summed E-state index contributed by atoms with van der Waals surface area (Å²) in [5.74, 6) is -1.98. The Kier molecular flexibility index (Phi) is 15.4. The lowest BCUT2D eigenvalue weighted by atomic mass is 9.86. The second-order valence-electron chi connectivity index (χ2n) is 11.0. The summed E-state index contributed by atoms with van der Waals surface area (Å²) >= 11 is 0. The van der Waals surface area contributed by atoms with Gasteiger partial charge in [-0.2, -0.15) is 0 Å². The van der Waals surface area contributed by atoms with Crippen LogP contribution < -0.4 is 15.2 Å². The molecular weight excluding hydrogens is 530 g/mol. The summed E-state index contributed by atoms with van der Waals surface area (Å²) in [6.07, 6.45) is 2.04. The van der Waals surface area contributed by atoms with Crippen molar-refractivity contribution >= 4 is 24.1 Å². The first-order chi connectivity index (χ1) is 19.3. The van der Waals surface area contributed by atoms with Crippen LogP contribution in [0, 0.1) is 17.8 Å². The van der Waals surface area contributed by atoms with Gasteiger partial charge in [-0.25, -0.2) is 4.79 Å². The summed E-state index contributed by atoms with van der Waals surface area (Å²) < 4.78 is 26.7. The van der Waals surface area contributed by atoms with E-state index in [1.54, 1.807) is 26.8 Å². The maximum absolute atomic E-state index is 12.8. The predicted molar refractivity (Wildman–Crippen MR) is 154 cm³/mol. The fraction of sp³-hybridized carbons (Fsp3) is 0.677. The van der Waals surface area contributed by atoms with Crippen molar-refractivity contribution in [2.75, 3.05) is 13.7 Å². The third kappa shape index (κ3) is 12.1. The van der Waals surface area contributed by atoms with Gasteiger partial charge in [-0.1, -0.05) is 66.9 Å². The molecular formula is C31H49NO9. The minimum atomic E-state index is -1.59. The Bertz CT molecular complexity index is 1010. The first kappa shape index (κ1) is 35.9. The molecule has 0 bridgehead atoms. The summed E-state index contributed by atoms with van der Waals surface area (Å²) in [5.41, 5.74) is 5.47. The van der Waals surface area contributed by atoms with Crippen LogP contribution in [0.15, 0.2) is 18.2 Å². The Morgan fingerprint density at radius 2 is 1.44 bits per heavy atom. The molecule has 1 aromatic carbocycles. The van der Waals surface area contributed by atoms with Crippen molar-refractivity contribution in [2.45, 2.75) is 105 Å². The molecule has 0 aliphatic heterocycles. The minimum absolute atomic E-state index is 0.0369. The molecule has 0 heterocycles. The van der Waals surface area contributed by atoms with Crippen LogP contribution >= 0.6 is 0 Å². The van der Waals surface area contributed by atoms with Gasteiger partial charge >= 0.3 is 24.1 Å². The van der Waals surface area contributed by atoms with Crippen LogP contribution in [0.2, 0.25) is 0 Å². The van der Waals surface area contributed by atoms with Gasteiger partial charge in [0.2, 0.25) is 0 Å². The van der Waals surface area contributed by atoms with Crippen molar-refractivity contribution in [1.82, 2.24) is 0 Å². The molecule has 5 atom stereocenters. The highest BCUT2D eigenvalue weighted by molar-refractivity contribution is 5.81. The van der Waals surface area contributed by atoms with E-state index in [4.69, 9.17) is 29.4 Å². The summed E-state index contributed by atoms with van der Waals surface area (Å²) in [6.45, 7) is 13.3. The minimum Gasteiger partial charge on any atom is -0.468 e. The first-order valence-electron chi connectivity index (χ1n) is 14.6. The van der Waals surface area contributed by atoms with E-state index in [9.17, 15) is 19.2 Å². The highest BCUT2D eigenvalue weighted by Gasteiger charge is 2.38. The van der Waals surface area contributed by atoms with E-state index in [1.807, 2.05) is 27.7 Å². The van der Waals surface area contributed by atoms with E-state index in [0.717, 1.165) is 19.3 Å². The van der Waals surface area contributed by atoms with Crippen LogP contribution in [0.1, 0.15) is 92.6 Å². The highest BCUT2D eigenvalue weighted by Crippen LogP contribution is 2.32. The molecule has 10 heteroatoms. The maximum Gasteiger partial charge on any atom is 0.508 e. The Morgan fingerprint density at radius 3 is 1.95 bits per heavy atom. The molecule has 232 valence electrons. The van der Waals surface area contributed by atoms with Crippen molar-refractivity contribution in [1.29, 1.82) is 0 Å². The molecule has 0 saturated carbocycles. The summed E-state index contributed by atoms with van der Waals surface area (Å²) in [7, 11) is 1.22. The third-order valence-corrected chi connectivity index (χ3v) is 6.92. The zero-order valence-electron chi connectivity index (χ0n) is 25.9. The normalized spacial score (nSPS) is 15.4. The molecule has 10 nitrogen and oxygen atoms in total. The number of esters is 3. The highest BCUT2D eigenvalue weighted by atomic mass is 16.7. The molecule has 0 aromatic heterocycles. The predicted octanol–water partition coefficient (Wildman–Crippen LogP) is 5.76. The molecule has 0 spiro atoms. The van der Waals surface area contributed by atoms with Crippen LogP contribution in [0.3, 0.4) is 0 Å². The van der Waals surface area contributed by atoms with Crippen molar-refractivity contribution in [3.05, 3.63) is 23.8 Å². The van der Waals surface area contributed by atoms with Crippen LogP contribution in [-0.4, -0.2) is 49.4 Å². The molecule has 0 amide bonds. The number of methoxy groups -OCH3 is 1. The maximum atomic E-state index is 12.8. The number of benzene rings is 1. The van der Waals surface area contributed by atoms with E-state index in [-0.39, 0.29) is 48.7 Å². The van der Waals surface area contributed by atoms with E-state index in [0.29, 0.717) is 18.4 Å². The van der Waals surface area contributed by atoms with Gasteiger partial charge in [0.25, 0.3) is 0 Å². The van der Waals surface area contributed by atoms with Gasteiger partial charge in [0, 0.05) is 12.8 Å². The number of rotatable bonds is 17. The molecule has 1 rings (SSSR count). The van der Waals surface area contributed by atoms with Crippen LogP contribution in [0.5, 0.6) is 11.5 Å². The van der Waals surface area contributed by atoms with Gasteiger partial charge in [0.05, 0.1) is 25.6 Å². The Morgan fingerprint density at radius 1 is 0.878 bits per heavy atom. The first-order valence-corrected chi connectivity index (χ1v) is 14.6. The fourth-order valence-electron chi connectivity index (χ4n) is 4.22.